The number of hydrogen-bond acceptors (Lipinski definition) is 5. The van der Waals surface area contributed by atoms with Crippen LogP contribution in [0.3, 0.4) is 0 Å². The summed E-state index contributed by atoms with van der Waals surface area (Å²) in [5.41, 5.74) is 1.01. The van der Waals surface area contributed by atoms with Gasteiger partial charge in [-0.2, -0.15) is 0 Å². The van der Waals surface area contributed by atoms with Gasteiger partial charge in [0.25, 0.3) is 5.91 Å². The second kappa shape index (κ2) is 6.17. The van der Waals surface area contributed by atoms with Crippen LogP contribution in [-0.4, -0.2) is 59.2 Å². The summed E-state index contributed by atoms with van der Waals surface area (Å²) in [6, 6.07) is 1.02. The van der Waals surface area contributed by atoms with E-state index >= 15 is 0 Å². The number of nitrogens with one attached hydrogen (secondary N) is 1. The van der Waals surface area contributed by atoms with Crippen LogP contribution in [0.4, 0.5) is 4.79 Å². The number of hydrogen-bond donors (Lipinski definition) is 1. The monoisotopic (exact) mass is 407 g/mol. The second-order valence-electron chi connectivity index (χ2n) is 8.43. The van der Waals surface area contributed by atoms with Crippen molar-refractivity contribution in [2.45, 2.75) is 51.6 Å². The molecule has 3 heterocycles. The molecule has 0 bridgehead atoms. The molecule has 2 aliphatic heterocycles. The minimum absolute atomic E-state index is 0.0732. The molecule has 0 spiro atoms. The number of sulfone groups is 1. The molecule has 9 heteroatoms. The third-order valence-electron chi connectivity index (χ3n) is 6.36. The lowest BCUT2D eigenvalue weighted by molar-refractivity contribution is -0.131. The van der Waals surface area contributed by atoms with Gasteiger partial charge in [0.15, 0.2) is 15.6 Å². The lowest BCUT2D eigenvalue weighted by Crippen LogP contribution is -2.46. The summed E-state index contributed by atoms with van der Waals surface area (Å²) in [6.45, 7) is 5.04. The Kier molecular flexibility index (Phi) is 4.22. The first kappa shape index (κ1) is 19.2. The van der Waals surface area contributed by atoms with Gasteiger partial charge in [-0.25, -0.2) is 13.2 Å². The zero-order valence-electron chi connectivity index (χ0n) is 16.3. The minimum Gasteiger partial charge on any atom is -0.344 e. The Morgan fingerprint density at radius 3 is 2.50 bits per heavy atom. The van der Waals surface area contributed by atoms with E-state index in [9.17, 15) is 22.8 Å². The molecule has 0 radical (unpaired) electrons. The van der Waals surface area contributed by atoms with E-state index in [1.165, 1.54) is 0 Å². The predicted octanol–water partition coefficient (Wildman–Crippen LogP) is 1.37. The van der Waals surface area contributed by atoms with Gasteiger partial charge in [0, 0.05) is 23.0 Å². The quantitative estimate of drug-likeness (QED) is 0.586. The number of amides is 3. The molecule has 3 aliphatic rings. The van der Waals surface area contributed by atoms with Crippen molar-refractivity contribution in [3.8, 4) is 0 Å². The summed E-state index contributed by atoms with van der Waals surface area (Å²) in [7, 11) is -3.05. The lowest BCUT2D eigenvalue weighted by Gasteiger charge is -2.20. The fraction of sp³-hybridized carbons (Fsp3) is 0.632. The highest BCUT2D eigenvalue weighted by Crippen LogP contribution is 2.42. The van der Waals surface area contributed by atoms with Crippen LogP contribution in [0, 0.1) is 19.8 Å². The fourth-order valence-electron chi connectivity index (χ4n) is 4.63. The third kappa shape index (κ3) is 2.96. The topological polar surface area (TPSA) is 106 Å². The second-order valence-corrected chi connectivity index (χ2v) is 10.7. The van der Waals surface area contributed by atoms with Crippen molar-refractivity contribution in [3.05, 3.63) is 23.0 Å². The highest BCUT2D eigenvalue weighted by molar-refractivity contribution is 7.91. The normalized spacial score (nSPS) is 29.4. The summed E-state index contributed by atoms with van der Waals surface area (Å²) >= 11 is 0. The predicted molar refractivity (Wildman–Crippen MR) is 102 cm³/mol. The maximum Gasteiger partial charge on any atom is 0.325 e. The van der Waals surface area contributed by atoms with Gasteiger partial charge in [-0.15, -0.1) is 0 Å². The van der Waals surface area contributed by atoms with Gasteiger partial charge >= 0.3 is 6.03 Å². The molecule has 2 saturated heterocycles. The van der Waals surface area contributed by atoms with Gasteiger partial charge < -0.3 is 9.88 Å². The number of urea groups is 1. The van der Waals surface area contributed by atoms with Crippen LogP contribution in [0.25, 0.3) is 0 Å². The first-order valence-corrected chi connectivity index (χ1v) is 11.4. The number of Topliss-reactive ketones (excluding diaryl/α,β-unsaturated/α-hetero) is 1. The summed E-state index contributed by atoms with van der Waals surface area (Å²) in [5, 5.41) is 2.75. The third-order valence-corrected chi connectivity index (χ3v) is 8.11. The molecule has 28 heavy (non-hydrogen) atoms. The van der Waals surface area contributed by atoms with E-state index in [2.05, 4.69) is 5.32 Å². The molecule has 0 aromatic carbocycles. The molecule has 1 aromatic rings. The molecule has 1 saturated carbocycles. The average Bonchev–Trinajstić information content (AvgIpc) is 3.30. The molecule has 4 rings (SSSR count). The van der Waals surface area contributed by atoms with Crippen molar-refractivity contribution in [2.24, 2.45) is 5.92 Å². The van der Waals surface area contributed by atoms with E-state index in [-0.39, 0.29) is 41.7 Å². The highest BCUT2D eigenvalue weighted by Gasteiger charge is 2.56. The summed E-state index contributed by atoms with van der Waals surface area (Å²) in [5.74, 6) is -0.296. The van der Waals surface area contributed by atoms with Gasteiger partial charge in [0.1, 0.15) is 5.54 Å². The van der Waals surface area contributed by atoms with Crippen molar-refractivity contribution in [1.29, 1.82) is 0 Å². The van der Waals surface area contributed by atoms with Crippen molar-refractivity contribution in [3.63, 3.8) is 0 Å². The van der Waals surface area contributed by atoms with Crippen molar-refractivity contribution in [2.75, 3.05) is 18.1 Å². The molecule has 2 atom stereocenters. The Bertz CT molecular complexity index is 991. The van der Waals surface area contributed by atoms with Crippen LogP contribution in [0.1, 0.15) is 54.0 Å². The first-order valence-electron chi connectivity index (χ1n) is 9.59. The summed E-state index contributed by atoms with van der Waals surface area (Å²) in [4.78, 5) is 39.0. The SMILES string of the molecule is Cc1cc(C(=O)CN2C(=O)NC(C)(C3CC3)C2=O)c(C)n1C1CCS(=O)(=O)C1. The van der Waals surface area contributed by atoms with Gasteiger partial charge in [-0.3, -0.25) is 14.5 Å². The molecule has 2 unspecified atom stereocenters. The summed E-state index contributed by atoms with van der Waals surface area (Å²) < 4.78 is 25.6. The molecule has 3 fully saturated rings. The molecule has 1 aromatic heterocycles. The van der Waals surface area contributed by atoms with Crippen LogP contribution < -0.4 is 5.32 Å². The largest absolute Gasteiger partial charge is 0.344 e. The zero-order valence-corrected chi connectivity index (χ0v) is 17.1. The molecule has 152 valence electrons. The average molecular weight is 407 g/mol. The maximum atomic E-state index is 12.9. The zero-order chi connectivity index (χ0) is 20.4. The van der Waals surface area contributed by atoms with E-state index in [4.69, 9.17) is 0 Å². The van der Waals surface area contributed by atoms with Crippen LogP contribution in [0.2, 0.25) is 0 Å². The minimum atomic E-state index is -3.05. The van der Waals surface area contributed by atoms with E-state index in [1.54, 1.807) is 19.9 Å². The summed E-state index contributed by atoms with van der Waals surface area (Å²) in [6.07, 6.45) is 2.32. The lowest BCUT2D eigenvalue weighted by atomic mass is 9.96. The Hall–Kier alpha value is -2.16. The van der Waals surface area contributed by atoms with Crippen molar-refractivity contribution in [1.82, 2.24) is 14.8 Å². The smallest absolute Gasteiger partial charge is 0.325 e. The number of imide groups is 1. The molecule has 3 amide bonds. The van der Waals surface area contributed by atoms with Gasteiger partial charge in [-0.05, 0) is 52.0 Å². The number of aryl methyl sites for hydroxylation is 1. The number of nitrogens with zero attached hydrogens (tertiary/aromatic N) is 2. The Morgan fingerprint density at radius 2 is 1.93 bits per heavy atom. The number of aromatic nitrogens is 1. The highest BCUT2D eigenvalue weighted by atomic mass is 32.2. The standard InChI is InChI=1S/C19H25N3O5S/c1-11-8-15(12(2)22(11)14-6-7-28(26,27)10-14)16(23)9-21-17(24)19(3,13-4-5-13)20-18(21)25/h8,13-14H,4-7,9-10H2,1-3H3,(H,20,25). The Labute approximate surface area is 164 Å². The Balaban J connectivity index is 1.55. The molecule has 8 nitrogen and oxygen atoms in total. The van der Waals surface area contributed by atoms with Gasteiger partial charge in [-0.1, -0.05) is 0 Å². The molecule has 1 aliphatic carbocycles. The number of ketones is 1. The number of rotatable bonds is 5. The number of carbonyl (C=O) groups is 3. The molecular weight excluding hydrogens is 382 g/mol. The van der Waals surface area contributed by atoms with E-state index in [0.717, 1.165) is 23.4 Å². The van der Waals surface area contributed by atoms with Gasteiger partial charge in [0.05, 0.1) is 18.1 Å². The first-order chi connectivity index (χ1) is 13.0. The van der Waals surface area contributed by atoms with Crippen LogP contribution in [0.15, 0.2) is 6.07 Å². The number of carbonyl (C=O) groups excluding carboxylic acids is 3. The van der Waals surface area contributed by atoms with Crippen molar-refractivity contribution >= 4 is 27.6 Å². The van der Waals surface area contributed by atoms with Crippen LogP contribution in [0.5, 0.6) is 0 Å². The Morgan fingerprint density at radius 1 is 1.25 bits per heavy atom. The van der Waals surface area contributed by atoms with E-state index < -0.39 is 21.4 Å². The van der Waals surface area contributed by atoms with Crippen LogP contribution >= 0.6 is 0 Å². The van der Waals surface area contributed by atoms with E-state index in [1.807, 2.05) is 11.5 Å². The van der Waals surface area contributed by atoms with Crippen LogP contribution in [-0.2, 0) is 14.6 Å². The molecule has 1 N–H and O–H groups in total. The van der Waals surface area contributed by atoms with Gasteiger partial charge in [0.2, 0.25) is 0 Å². The fourth-order valence-corrected chi connectivity index (χ4v) is 6.33. The maximum absolute atomic E-state index is 12.9. The van der Waals surface area contributed by atoms with Crippen molar-refractivity contribution < 1.29 is 22.8 Å². The molecular formula is C19H25N3O5S. The van der Waals surface area contributed by atoms with E-state index in [0.29, 0.717) is 17.7 Å².